The molecule has 0 fully saturated rings. The average Bonchev–Trinajstić information content (AvgIpc) is 3.52. The van der Waals surface area contributed by atoms with Gasteiger partial charge in [-0.15, -0.1) is 21.5 Å². The zero-order valence-electron chi connectivity index (χ0n) is 17.7. The zero-order valence-corrected chi connectivity index (χ0v) is 19.4. The maximum atomic E-state index is 12.4. The minimum absolute atomic E-state index is 0.00349. The molecule has 4 rings (SSSR count). The van der Waals surface area contributed by atoms with Crippen molar-refractivity contribution in [3.8, 4) is 22.1 Å². The fourth-order valence-electron chi connectivity index (χ4n) is 3.08. The standard InChI is InChI=1S/C23H21N5O3S2/c1-31-18-11-6-5-10-17(18)28-21(19-12-7-13-32-19)26-27-23(28)33-15-20(29)25-22(30)24-14-16-8-3-2-4-9-16/h2-13H,14-15H2,1H3,(H2,24,25,29,30). The maximum absolute atomic E-state index is 12.4. The van der Waals surface area contributed by atoms with Gasteiger partial charge in [-0.25, -0.2) is 4.79 Å². The predicted octanol–water partition coefficient (Wildman–Crippen LogP) is 4.12. The molecule has 168 valence electrons. The Morgan fingerprint density at radius 1 is 1.03 bits per heavy atom. The lowest BCUT2D eigenvalue weighted by molar-refractivity contribution is -0.117. The monoisotopic (exact) mass is 479 g/mol. The molecule has 3 amide bonds. The number of hydrogen-bond acceptors (Lipinski definition) is 7. The molecule has 2 aromatic heterocycles. The molecule has 0 saturated carbocycles. The van der Waals surface area contributed by atoms with E-state index in [-0.39, 0.29) is 5.75 Å². The molecule has 8 nitrogen and oxygen atoms in total. The lowest BCUT2D eigenvalue weighted by Gasteiger charge is -2.13. The predicted molar refractivity (Wildman–Crippen MR) is 129 cm³/mol. The molecular formula is C23H21N5O3S2. The minimum atomic E-state index is -0.546. The molecule has 0 saturated heterocycles. The Morgan fingerprint density at radius 2 is 1.82 bits per heavy atom. The fraction of sp³-hybridized carbons (Fsp3) is 0.130. The lowest BCUT2D eigenvalue weighted by Crippen LogP contribution is -2.40. The maximum Gasteiger partial charge on any atom is 0.321 e. The van der Waals surface area contributed by atoms with Crippen LogP contribution >= 0.6 is 23.1 Å². The van der Waals surface area contributed by atoms with E-state index in [1.54, 1.807) is 18.4 Å². The number of hydrogen-bond donors (Lipinski definition) is 2. The smallest absolute Gasteiger partial charge is 0.321 e. The second kappa shape index (κ2) is 10.8. The van der Waals surface area contributed by atoms with Crippen LogP contribution in [0.25, 0.3) is 16.4 Å². The number of benzene rings is 2. The summed E-state index contributed by atoms with van der Waals surface area (Å²) in [6.07, 6.45) is 0. The number of amides is 3. The van der Waals surface area contributed by atoms with Crippen molar-refractivity contribution >= 4 is 35.0 Å². The summed E-state index contributed by atoms with van der Waals surface area (Å²) in [5, 5.41) is 16.1. The van der Waals surface area contributed by atoms with Crippen molar-refractivity contribution in [3.05, 3.63) is 77.7 Å². The first-order valence-electron chi connectivity index (χ1n) is 10.0. The molecule has 0 bridgehead atoms. The van der Waals surface area contributed by atoms with Gasteiger partial charge in [0.2, 0.25) is 5.91 Å². The highest BCUT2D eigenvalue weighted by molar-refractivity contribution is 7.99. The van der Waals surface area contributed by atoms with Gasteiger partial charge in [0, 0.05) is 6.54 Å². The first-order valence-corrected chi connectivity index (χ1v) is 11.9. The van der Waals surface area contributed by atoms with Crippen LogP contribution in [0.2, 0.25) is 0 Å². The van der Waals surface area contributed by atoms with E-state index < -0.39 is 11.9 Å². The van der Waals surface area contributed by atoms with Crippen molar-refractivity contribution in [2.45, 2.75) is 11.7 Å². The van der Waals surface area contributed by atoms with Crippen molar-refractivity contribution in [1.82, 2.24) is 25.4 Å². The minimum Gasteiger partial charge on any atom is -0.495 e. The number of nitrogens with zero attached hydrogens (tertiary/aromatic N) is 3. The second-order valence-corrected chi connectivity index (χ2v) is 8.69. The Morgan fingerprint density at radius 3 is 2.58 bits per heavy atom. The van der Waals surface area contributed by atoms with E-state index in [9.17, 15) is 9.59 Å². The van der Waals surface area contributed by atoms with Crippen LogP contribution in [0.4, 0.5) is 4.79 Å². The summed E-state index contributed by atoms with van der Waals surface area (Å²) in [6, 6.07) is 20.4. The van der Waals surface area contributed by atoms with Crippen LogP contribution in [0.5, 0.6) is 5.75 Å². The summed E-state index contributed by atoms with van der Waals surface area (Å²) in [5.74, 6) is 0.869. The van der Waals surface area contributed by atoms with Gasteiger partial charge in [-0.05, 0) is 29.1 Å². The Balaban J connectivity index is 1.46. The van der Waals surface area contributed by atoms with Crippen LogP contribution in [0.1, 0.15) is 5.56 Å². The summed E-state index contributed by atoms with van der Waals surface area (Å²) in [6.45, 7) is 0.333. The molecule has 0 spiro atoms. The van der Waals surface area contributed by atoms with Crippen molar-refractivity contribution in [3.63, 3.8) is 0 Å². The van der Waals surface area contributed by atoms with E-state index in [0.717, 1.165) is 16.1 Å². The van der Waals surface area contributed by atoms with E-state index in [1.807, 2.05) is 76.7 Å². The van der Waals surface area contributed by atoms with Crippen molar-refractivity contribution in [2.24, 2.45) is 0 Å². The summed E-state index contributed by atoms with van der Waals surface area (Å²) in [5.41, 5.74) is 1.71. The number of ether oxygens (including phenoxy) is 1. The Hall–Kier alpha value is -3.63. The van der Waals surface area contributed by atoms with Crippen molar-refractivity contribution < 1.29 is 14.3 Å². The molecule has 33 heavy (non-hydrogen) atoms. The van der Waals surface area contributed by atoms with Crippen LogP contribution in [0.3, 0.4) is 0 Å². The van der Waals surface area contributed by atoms with Crippen LogP contribution in [0.15, 0.2) is 77.3 Å². The third-order valence-corrected chi connectivity index (χ3v) is 6.38. The SMILES string of the molecule is COc1ccccc1-n1c(SCC(=O)NC(=O)NCc2ccccc2)nnc1-c1cccs1. The van der Waals surface area contributed by atoms with Crippen LogP contribution in [0, 0.1) is 0 Å². The number of thiophene rings is 1. The summed E-state index contributed by atoms with van der Waals surface area (Å²) in [4.78, 5) is 25.4. The van der Waals surface area contributed by atoms with E-state index in [2.05, 4.69) is 20.8 Å². The summed E-state index contributed by atoms with van der Waals surface area (Å²) < 4.78 is 7.38. The summed E-state index contributed by atoms with van der Waals surface area (Å²) >= 11 is 2.73. The molecule has 0 aliphatic heterocycles. The molecule has 4 aromatic rings. The molecule has 0 aliphatic rings. The van der Waals surface area contributed by atoms with Gasteiger partial charge >= 0.3 is 6.03 Å². The molecule has 0 atom stereocenters. The highest BCUT2D eigenvalue weighted by atomic mass is 32.2. The van der Waals surface area contributed by atoms with Gasteiger partial charge in [-0.1, -0.05) is 60.3 Å². The molecule has 0 unspecified atom stereocenters. The number of rotatable bonds is 8. The molecule has 10 heteroatoms. The first kappa shape index (κ1) is 22.6. The third kappa shape index (κ3) is 5.60. The number of nitrogens with one attached hydrogen (secondary N) is 2. The molecule has 2 heterocycles. The number of urea groups is 1. The van der Waals surface area contributed by atoms with Crippen molar-refractivity contribution in [1.29, 1.82) is 0 Å². The van der Waals surface area contributed by atoms with Gasteiger partial charge in [-0.2, -0.15) is 0 Å². The van der Waals surface area contributed by atoms with Crippen LogP contribution in [-0.2, 0) is 11.3 Å². The highest BCUT2D eigenvalue weighted by Crippen LogP contribution is 2.33. The quantitative estimate of drug-likeness (QED) is 0.369. The molecular weight excluding hydrogens is 458 g/mol. The number of methoxy groups -OCH3 is 1. The summed E-state index contributed by atoms with van der Waals surface area (Å²) in [7, 11) is 1.60. The third-order valence-electron chi connectivity index (χ3n) is 4.58. The zero-order chi connectivity index (χ0) is 23.0. The van der Waals surface area contributed by atoms with E-state index in [4.69, 9.17) is 4.74 Å². The van der Waals surface area contributed by atoms with E-state index in [1.165, 1.54) is 11.8 Å². The van der Waals surface area contributed by atoms with Crippen molar-refractivity contribution in [2.75, 3.05) is 12.9 Å². The fourth-order valence-corrected chi connectivity index (χ4v) is 4.52. The number of thioether (sulfide) groups is 1. The topological polar surface area (TPSA) is 98.1 Å². The number of carbonyl (C=O) groups excluding carboxylic acids is 2. The van der Waals surface area contributed by atoms with Gasteiger partial charge in [0.25, 0.3) is 0 Å². The molecule has 0 radical (unpaired) electrons. The molecule has 0 aliphatic carbocycles. The normalized spacial score (nSPS) is 10.6. The van der Waals surface area contributed by atoms with Gasteiger partial charge in [0.15, 0.2) is 11.0 Å². The first-order chi connectivity index (χ1) is 16.2. The van der Waals surface area contributed by atoms with Gasteiger partial charge < -0.3 is 10.1 Å². The Bertz CT molecular complexity index is 1230. The number of imide groups is 1. The number of carbonyl (C=O) groups is 2. The average molecular weight is 480 g/mol. The van der Waals surface area contributed by atoms with Crippen LogP contribution < -0.4 is 15.4 Å². The number of aromatic nitrogens is 3. The van der Waals surface area contributed by atoms with Gasteiger partial charge in [-0.3, -0.25) is 14.7 Å². The van der Waals surface area contributed by atoms with Gasteiger partial charge in [0.05, 0.1) is 23.4 Å². The largest absolute Gasteiger partial charge is 0.495 e. The number of para-hydroxylation sites is 2. The lowest BCUT2D eigenvalue weighted by atomic mass is 10.2. The highest BCUT2D eigenvalue weighted by Gasteiger charge is 2.20. The molecule has 2 N–H and O–H groups in total. The van der Waals surface area contributed by atoms with E-state index >= 15 is 0 Å². The van der Waals surface area contributed by atoms with E-state index in [0.29, 0.717) is 23.3 Å². The van der Waals surface area contributed by atoms with Gasteiger partial charge in [0.1, 0.15) is 5.75 Å². The Kier molecular flexibility index (Phi) is 7.38. The Labute approximate surface area is 199 Å². The molecule has 2 aromatic carbocycles. The second-order valence-electron chi connectivity index (χ2n) is 6.80. The van der Waals surface area contributed by atoms with Crippen LogP contribution in [-0.4, -0.2) is 39.6 Å².